The summed E-state index contributed by atoms with van der Waals surface area (Å²) in [4.78, 5) is 5.22. The third-order valence-electron chi connectivity index (χ3n) is 2.98. The fourth-order valence-corrected chi connectivity index (χ4v) is 4.53. The van der Waals surface area contributed by atoms with E-state index in [9.17, 15) is 8.42 Å². The summed E-state index contributed by atoms with van der Waals surface area (Å²) in [6.45, 7) is 2.02. The van der Waals surface area contributed by atoms with E-state index in [0.717, 1.165) is 11.3 Å². The molecule has 21 heavy (non-hydrogen) atoms. The van der Waals surface area contributed by atoms with Gasteiger partial charge in [-0.3, -0.25) is 0 Å². The molecule has 5 nitrogen and oxygen atoms in total. The summed E-state index contributed by atoms with van der Waals surface area (Å²) in [6.07, 6.45) is 1.28. The predicted molar refractivity (Wildman–Crippen MR) is 87.3 cm³/mol. The molecule has 2 aromatic heterocycles. The molecule has 8 heteroatoms. The lowest BCUT2D eigenvalue weighted by Gasteiger charge is -2.10. The van der Waals surface area contributed by atoms with Gasteiger partial charge in [-0.1, -0.05) is 29.5 Å². The maximum absolute atomic E-state index is 11.2. The Labute approximate surface area is 130 Å². The van der Waals surface area contributed by atoms with Gasteiger partial charge in [0.1, 0.15) is 0 Å². The van der Waals surface area contributed by atoms with E-state index in [-0.39, 0.29) is 10.3 Å². The molecule has 0 aliphatic carbocycles. The molecule has 3 rings (SSSR count). The van der Waals surface area contributed by atoms with Gasteiger partial charge in [0, 0.05) is 9.58 Å². The Balaban J connectivity index is 1.82. The smallest absolute Gasteiger partial charge is 0.249 e. The molecule has 0 aliphatic heterocycles. The minimum atomic E-state index is -3.68. The Bertz CT molecular complexity index is 850. The van der Waals surface area contributed by atoms with Crippen LogP contribution < -0.4 is 10.5 Å². The van der Waals surface area contributed by atoms with Crippen molar-refractivity contribution in [2.24, 2.45) is 5.14 Å². The number of thiazole rings is 1. The Hall–Kier alpha value is -1.48. The molecule has 3 aromatic rings. The minimum Gasteiger partial charge on any atom is -0.354 e. The van der Waals surface area contributed by atoms with E-state index in [4.69, 9.17) is 5.14 Å². The average molecular weight is 339 g/mol. The number of primary sulfonamides is 1. The molecule has 0 aliphatic rings. The van der Waals surface area contributed by atoms with Crippen molar-refractivity contribution in [3.8, 4) is 0 Å². The topological polar surface area (TPSA) is 85.1 Å². The van der Waals surface area contributed by atoms with E-state index in [2.05, 4.69) is 28.5 Å². The number of benzene rings is 1. The SMILES string of the molecule is C[C@H](Nc1ncc(S(N)(=O)=O)s1)c1cc2ccccc2s1. The molecule has 0 unspecified atom stereocenters. The van der Waals surface area contributed by atoms with Crippen LogP contribution in [-0.2, 0) is 10.0 Å². The third-order valence-corrected chi connectivity index (χ3v) is 6.61. The van der Waals surface area contributed by atoms with Gasteiger partial charge < -0.3 is 5.32 Å². The van der Waals surface area contributed by atoms with Gasteiger partial charge >= 0.3 is 0 Å². The number of nitrogens with two attached hydrogens (primary N) is 1. The normalized spacial score (nSPS) is 13.4. The molecule has 0 bridgehead atoms. The van der Waals surface area contributed by atoms with Crippen molar-refractivity contribution in [1.29, 1.82) is 0 Å². The fourth-order valence-electron chi connectivity index (χ4n) is 1.93. The van der Waals surface area contributed by atoms with Gasteiger partial charge in [-0.05, 0) is 24.4 Å². The van der Waals surface area contributed by atoms with Gasteiger partial charge in [-0.15, -0.1) is 11.3 Å². The maximum atomic E-state index is 11.2. The van der Waals surface area contributed by atoms with Crippen molar-refractivity contribution < 1.29 is 8.42 Å². The van der Waals surface area contributed by atoms with Crippen LogP contribution >= 0.6 is 22.7 Å². The van der Waals surface area contributed by atoms with Crippen LogP contribution in [0.1, 0.15) is 17.8 Å². The second-order valence-corrected chi connectivity index (χ2v) is 8.52. The van der Waals surface area contributed by atoms with Crippen LogP contribution in [0.4, 0.5) is 5.13 Å². The standard InChI is InChI=1S/C13H13N3O2S3/c1-8(11-6-9-4-2-3-5-10(9)19-11)16-13-15-7-12(20-13)21(14,17)18/h2-8H,1H3,(H,15,16)(H2,14,17,18)/t8-/m0/s1. The molecule has 1 aromatic carbocycles. The molecule has 3 N–H and O–H groups in total. The molecule has 1 atom stereocenters. The molecule has 110 valence electrons. The van der Waals surface area contributed by atoms with Crippen LogP contribution in [0.3, 0.4) is 0 Å². The van der Waals surface area contributed by atoms with Crippen LogP contribution in [0, 0.1) is 0 Å². The van der Waals surface area contributed by atoms with Crippen molar-refractivity contribution in [2.75, 3.05) is 5.32 Å². The van der Waals surface area contributed by atoms with E-state index >= 15 is 0 Å². The van der Waals surface area contributed by atoms with E-state index in [1.807, 2.05) is 19.1 Å². The van der Waals surface area contributed by atoms with Gasteiger partial charge in [0.15, 0.2) is 9.34 Å². The number of fused-ring (bicyclic) bond motifs is 1. The highest BCUT2D eigenvalue weighted by Crippen LogP contribution is 2.32. The first kappa shape index (κ1) is 14.5. The third kappa shape index (κ3) is 3.08. The van der Waals surface area contributed by atoms with E-state index in [0.29, 0.717) is 5.13 Å². The molecule has 0 radical (unpaired) electrons. The lowest BCUT2D eigenvalue weighted by molar-refractivity contribution is 0.599. The van der Waals surface area contributed by atoms with Gasteiger partial charge in [0.25, 0.3) is 0 Å². The molecule has 0 fully saturated rings. The number of nitrogens with one attached hydrogen (secondary N) is 1. The minimum absolute atomic E-state index is 0.0434. The summed E-state index contributed by atoms with van der Waals surface area (Å²) >= 11 is 2.75. The summed E-state index contributed by atoms with van der Waals surface area (Å²) in [5.41, 5.74) is 0. The highest BCUT2D eigenvalue weighted by Gasteiger charge is 2.15. The number of anilines is 1. The van der Waals surface area contributed by atoms with Crippen molar-refractivity contribution in [2.45, 2.75) is 17.2 Å². The highest BCUT2D eigenvalue weighted by molar-refractivity contribution is 7.91. The van der Waals surface area contributed by atoms with Gasteiger partial charge in [-0.2, -0.15) is 0 Å². The molecule has 0 amide bonds. The number of thiophene rings is 1. The summed E-state index contributed by atoms with van der Waals surface area (Å²) in [5, 5.41) is 10.0. The largest absolute Gasteiger partial charge is 0.354 e. The Morgan fingerprint density at radius 2 is 2.05 bits per heavy atom. The summed E-state index contributed by atoms with van der Waals surface area (Å²) in [6, 6.07) is 10.4. The Morgan fingerprint density at radius 3 is 2.71 bits per heavy atom. The number of aromatic nitrogens is 1. The molecule has 0 saturated carbocycles. The van der Waals surface area contributed by atoms with Crippen LogP contribution in [0.5, 0.6) is 0 Å². The average Bonchev–Trinajstić information content (AvgIpc) is 3.03. The van der Waals surface area contributed by atoms with Crippen LogP contribution in [0.25, 0.3) is 10.1 Å². The molecular formula is C13H13N3O2S3. The number of hydrogen-bond acceptors (Lipinski definition) is 6. The lowest BCUT2D eigenvalue weighted by Crippen LogP contribution is -2.10. The van der Waals surface area contributed by atoms with Gasteiger partial charge in [-0.25, -0.2) is 18.5 Å². The van der Waals surface area contributed by atoms with E-state index in [1.165, 1.54) is 21.2 Å². The zero-order valence-electron chi connectivity index (χ0n) is 11.1. The fraction of sp³-hybridized carbons (Fsp3) is 0.154. The van der Waals surface area contributed by atoms with E-state index in [1.54, 1.807) is 11.3 Å². The second kappa shape index (κ2) is 5.38. The first-order valence-electron chi connectivity index (χ1n) is 6.17. The zero-order valence-corrected chi connectivity index (χ0v) is 13.6. The predicted octanol–water partition coefficient (Wildman–Crippen LogP) is 3.18. The number of nitrogens with zero attached hydrogens (tertiary/aromatic N) is 1. The van der Waals surface area contributed by atoms with Crippen molar-refractivity contribution in [1.82, 2.24) is 4.98 Å². The quantitative estimate of drug-likeness (QED) is 0.764. The van der Waals surface area contributed by atoms with Crippen LogP contribution in [0.2, 0.25) is 0 Å². The van der Waals surface area contributed by atoms with Gasteiger partial charge in [0.05, 0.1) is 12.2 Å². The van der Waals surface area contributed by atoms with Crippen LogP contribution in [0.15, 0.2) is 40.7 Å². The lowest BCUT2D eigenvalue weighted by atomic mass is 10.2. The second-order valence-electron chi connectivity index (χ2n) is 4.58. The molecular weight excluding hydrogens is 326 g/mol. The van der Waals surface area contributed by atoms with Crippen molar-refractivity contribution in [3.05, 3.63) is 41.4 Å². The Kier molecular flexibility index (Phi) is 3.70. The maximum Gasteiger partial charge on any atom is 0.249 e. The van der Waals surface area contributed by atoms with E-state index < -0.39 is 10.0 Å². The van der Waals surface area contributed by atoms with Crippen LogP contribution in [-0.4, -0.2) is 13.4 Å². The van der Waals surface area contributed by atoms with Crippen molar-refractivity contribution >= 4 is 47.9 Å². The molecule has 2 heterocycles. The number of hydrogen-bond donors (Lipinski definition) is 2. The monoisotopic (exact) mass is 339 g/mol. The van der Waals surface area contributed by atoms with Crippen molar-refractivity contribution in [3.63, 3.8) is 0 Å². The Morgan fingerprint density at radius 1 is 1.29 bits per heavy atom. The summed E-state index contributed by atoms with van der Waals surface area (Å²) < 4.78 is 23.8. The molecule has 0 spiro atoms. The molecule has 0 saturated heterocycles. The summed E-state index contributed by atoms with van der Waals surface area (Å²) in [7, 11) is -3.68. The zero-order chi connectivity index (χ0) is 15.0. The highest BCUT2D eigenvalue weighted by atomic mass is 32.2. The summed E-state index contributed by atoms with van der Waals surface area (Å²) in [5.74, 6) is 0. The number of sulfonamides is 1. The first-order valence-corrected chi connectivity index (χ1v) is 9.35. The number of rotatable bonds is 4. The first-order chi connectivity index (χ1) is 9.93. The van der Waals surface area contributed by atoms with Gasteiger partial charge in [0.2, 0.25) is 10.0 Å².